The molecule has 0 spiro atoms. The molecule has 0 aliphatic heterocycles. The number of furan rings is 1. The van der Waals surface area contributed by atoms with Crippen molar-refractivity contribution in [2.45, 2.75) is 0 Å². The Balaban J connectivity index is 2.80. The number of fused-ring (bicyclic) bond motifs is 1. The first kappa shape index (κ1) is 7.67. The van der Waals surface area contributed by atoms with Crippen LogP contribution in [0.25, 0.3) is 11.0 Å². The summed E-state index contributed by atoms with van der Waals surface area (Å²) in [4.78, 5) is 10.7. The number of nitrogen functional groups attached to an aromatic ring is 1. The third-order valence-corrected chi connectivity index (χ3v) is 1.89. The van der Waals surface area contributed by atoms with E-state index in [2.05, 4.69) is 0 Å². The van der Waals surface area contributed by atoms with Crippen LogP contribution >= 0.6 is 0 Å². The van der Waals surface area contributed by atoms with Gasteiger partial charge in [0, 0.05) is 5.39 Å². The number of rotatable bonds is 1. The SMILES string of the molecule is Nc1c(C(=O)O)ccc2ccoc12. The van der Waals surface area contributed by atoms with Gasteiger partial charge < -0.3 is 15.3 Å². The fourth-order valence-electron chi connectivity index (χ4n) is 1.24. The van der Waals surface area contributed by atoms with Gasteiger partial charge in [-0.25, -0.2) is 4.79 Å². The first-order chi connectivity index (χ1) is 6.20. The third kappa shape index (κ3) is 1.03. The summed E-state index contributed by atoms with van der Waals surface area (Å²) < 4.78 is 5.05. The van der Waals surface area contributed by atoms with Gasteiger partial charge in [0.2, 0.25) is 0 Å². The first-order valence-electron chi connectivity index (χ1n) is 3.69. The van der Waals surface area contributed by atoms with E-state index in [4.69, 9.17) is 15.3 Å². The van der Waals surface area contributed by atoms with Crippen LogP contribution in [0, 0.1) is 0 Å². The Hall–Kier alpha value is -1.97. The van der Waals surface area contributed by atoms with E-state index < -0.39 is 5.97 Å². The Kier molecular flexibility index (Phi) is 1.48. The van der Waals surface area contributed by atoms with E-state index in [1.54, 1.807) is 12.1 Å². The second-order valence-corrected chi connectivity index (χ2v) is 2.67. The average Bonchev–Trinajstić information content (AvgIpc) is 2.52. The van der Waals surface area contributed by atoms with Crippen LogP contribution in [0.2, 0.25) is 0 Å². The van der Waals surface area contributed by atoms with Gasteiger partial charge in [0.1, 0.15) is 0 Å². The highest BCUT2D eigenvalue weighted by Gasteiger charge is 2.11. The van der Waals surface area contributed by atoms with Crippen LogP contribution in [0.1, 0.15) is 10.4 Å². The summed E-state index contributed by atoms with van der Waals surface area (Å²) in [7, 11) is 0. The number of carbonyl (C=O) groups is 1. The lowest BCUT2D eigenvalue weighted by Crippen LogP contribution is -2.01. The molecule has 1 heterocycles. The monoisotopic (exact) mass is 177 g/mol. The van der Waals surface area contributed by atoms with Crippen LogP contribution in [0.3, 0.4) is 0 Å². The number of hydrogen-bond donors (Lipinski definition) is 2. The maximum atomic E-state index is 10.7. The molecule has 0 atom stereocenters. The van der Waals surface area contributed by atoms with Gasteiger partial charge in [-0.3, -0.25) is 0 Å². The summed E-state index contributed by atoms with van der Waals surface area (Å²) in [5, 5.41) is 9.55. The Labute approximate surface area is 73.6 Å². The van der Waals surface area contributed by atoms with Gasteiger partial charge in [0.05, 0.1) is 17.5 Å². The van der Waals surface area contributed by atoms with Crippen molar-refractivity contribution >= 4 is 22.6 Å². The molecule has 0 radical (unpaired) electrons. The van der Waals surface area contributed by atoms with Crippen LogP contribution in [-0.4, -0.2) is 11.1 Å². The molecule has 0 bridgehead atoms. The van der Waals surface area contributed by atoms with Crippen molar-refractivity contribution in [2.24, 2.45) is 0 Å². The normalized spacial score (nSPS) is 10.5. The van der Waals surface area contributed by atoms with Gasteiger partial charge >= 0.3 is 5.97 Å². The first-order valence-corrected chi connectivity index (χ1v) is 3.69. The van der Waals surface area contributed by atoms with Crippen LogP contribution in [0.4, 0.5) is 5.69 Å². The van der Waals surface area contributed by atoms with Crippen molar-refractivity contribution in [1.29, 1.82) is 0 Å². The topological polar surface area (TPSA) is 76.5 Å². The quantitative estimate of drug-likeness (QED) is 0.650. The van der Waals surface area contributed by atoms with Crippen LogP contribution < -0.4 is 5.73 Å². The molecule has 1 aromatic carbocycles. The fourth-order valence-corrected chi connectivity index (χ4v) is 1.24. The van der Waals surface area contributed by atoms with E-state index >= 15 is 0 Å². The zero-order valence-electron chi connectivity index (χ0n) is 6.65. The van der Waals surface area contributed by atoms with Gasteiger partial charge in [-0.1, -0.05) is 6.07 Å². The molecule has 0 aliphatic carbocycles. The van der Waals surface area contributed by atoms with E-state index in [1.165, 1.54) is 12.3 Å². The predicted molar refractivity (Wildman–Crippen MR) is 47.6 cm³/mol. The molecule has 66 valence electrons. The van der Waals surface area contributed by atoms with Crippen LogP contribution in [-0.2, 0) is 0 Å². The minimum absolute atomic E-state index is 0.0717. The number of anilines is 1. The molecule has 2 rings (SSSR count). The lowest BCUT2D eigenvalue weighted by atomic mass is 10.1. The van der Waals surface area contributed by atoms with Crippen molar-refractivity contribution in [2.75, 3.05) is 5.73 Å². The van der Waals surface area contributed by atoms with Crippen LogP contribution in [0.5, 0.6) is 0 Å². The molecule has 4 nitrogen and oxygen atoms in total. The van der Waals surface area contributed by atoms with Gasteiger partial charge in [-0.2, -0.15) is 0 Å². The summed E-state index contributed by atoms with van der Waals surface area (Å²) in [6.45, 7) is 0. The summed E-state index contributed by atoms with van der Waals surface area (Å²) in [5.41, 5.74) is 6.27. The summed E-state index contributed by atoms with van der Waals surface area (Å²) in [6, 6.07) is 4.87. The van der Waals surface area contributed by atoms with Gasteiger partial charge in [-0.15, -0.1) is 0 Å². The van der Waals surface area contributed by atoms with Gasteiger partial charge in [-0.05, 0) is 12.1 Å². The smallest absolute Gasteiger partial charge is 0.337 e. The Morgan fingerprint density at radius 1 is 1.38 bits per heavy atom. The predicted octanol–water partition coefficient (Wildman–Crippen LogP) is 1.71. The highest BCUT2D eigenvalue weighted by Crippen LogP contribution is 2.25. The molecular weight excluding hydrogens is 170 g/mol. The van der Waals surface area contributed by atoms with Crippen molar-refractivity contribution in [3.05, 3.63) is 30.0 Å². The summed E-state index contributed by atoms with van der Waals surface area (Å²) in [5.74, 6) is -1.05. The molecule has 0 aliphatic rings. The third-order valence-electron chi connectivity index (χ3n) is 1.89. The maximum Gasteiger partial charge on any atom is 0.337 e. The lowest BCUT2D eigenvalue weighted by molar-refractivity contribution is 0.0698. The molecule has 0 saturated carbocycles. The number of aromatic carboxylic acids is 1. The Morgan fingerprint density at radius 2 is 2.15 bits per heavy atom. The van der Waals surface area contributed by atoms with Crippen molar-refractivity contribution in [1.82, 2.24) is 0 Å². The molecule has 0 saturated heterocycles. The van der Waals surface area contributed by atoms with Gasteiger partial charge in [0.25, 0.3) is 0 Å². The molecule has 0 amide bonds. The number of nitrogens with two attached hydrogens (primary N) is 1. The number of carboxylic acids is 1. The largest absolute Gasteiger partial charge is 0.478 e. The molecular formula is C9H7NO3. The highest BCUT2D eigenvalue weighted by atomic mass is 16.4. The lowest BCUT2D eigenvalue weighted by Gasteiger charge is -1.99. The highest BCUT2D eigenvalue weighted by molar-refractivity contribution is 6.02. The fraction of sp³-hybridized carbons (Fsp3) is 0. The zero-order chi connectivity index (χ0) is 9.42. The van der Waals surface area contributed by atoms with E-state index in [-0.39, 0.29) is 11.3 Å². The zero-order valence-corrected chi connectivity index (χ0v) is 6.65. The van der Waals surface area contributed by atoms with Crippen LogP contribution in [0.15, 0.2) is 28.9 Å². The molecule has 0 fully saturated rings. The maximum absolute atomic E-state index is 10.7. The molecule has 3 N–H and O–H groups in total. The second kappa shape index (κ2) is 2.52. The second-order valence-electron chi connectivity index (χ2n) is 2.67. The Bertz CT molecular complexity index is 473. The standard InChI is InChI=1S/C9H7NO3/c10-7-6(9(11)12)2-1-5-3-4-13-8(5)7/h1-4H,10H2,(H,11,12). The molecule has 0 unspecified atom stereocenters. The van der Waals surface area contributed by atoms with Crippen molar-refractivity contribution < 1.29 is 14.3 Å². The number of benzene rings is 1. The van der Waals surface area contributed by atoms with Crippen molar-refractivity contribution in [3.63, 3.8) is 0 Å². The molecule has 13 heavy (non-hydrogen) atoms. The number of hydrogen-bond acceptors (Lipinski definition) is 3. The van der Waals surface area contributed by atoms with E-state index in [0.717, 1.165) is 5.39 Å². The summed E-state index contributed by atoms with van der Waals surface area (Å²) >= 11 is 0. The molecule has 4 heteroatoms. The Morgan fingerprint density at radius 3 is 2.85 bits per heavy atom. The minimum atomic E-state index is -1.05. The number of carboxylic acid groups (broad SMARTS) is 1. The van der Waals surface area contributed by atoms with E-state index in [9.17, 15) is 4.79 Å². The molecule has 2 aromatic rings. The minimum Gasteiger partial charge on any atom is -0.478 e. The van der Waals surface area contributed by atoms with Gasteiger partial charge in [0.15, 0.2) is 5.58 Å². The van der Waals surface area contributed by atoms with Crippen molar-refractivity contribution in [3.8, 4) is 0 Å². The van der Waals surface area contributed by atoms with E-state index in [0.29, 0.717) is 5.58 Å². The van der Waals surface area contributed by atoms with E-state index in [1.807, 2.05) is 0 Å². The average molecular weight is 177 g/mol. The molecule has 1 aromatic heterocycles. The summed E-state index contributed by atoms with van der Waals surface area (Å²) in [6.07, 6.45) is 1.48.